The Hall–Kier alpha value is -3.02. The van der Waals surface area contributed by atoms with Gasteiger partial charge in [-0.15, -0.1) is 0 Å². The molecule has 0 aliphatic rings. The lowest BCUT2D eigenvalue weighted by atomic mass is 10.1. The molecule has 0 atom stereocenters. The van der Waals surface area contributed by atoms with Gasteiger partial charge >= 0.3 is 0 Å². The predicted octanol–water partition coefficient (Wildman–Crippen LogP) is 2.20. The van der Waals surface area contributed by atoms with Crippen LogP contribution in [-0.4, -0.2) is 25.3 Å². The fraction of sp³-hybridized carbons (Fsp3) is 0.176. The molecule has 0 aliphatic carbocycles. The van der Waals surface area contributed by atoms with Crippen molar-refractivity contribution in [3.05, 3.63) is 54.1 Å². The molecule has 1 amide bonds. The van der Waals surface area contributed by atoms with Gasteiger partial charge in [-0.05, 0) is 48.9 Å². The number of hydrogen-bond acceptors (Lipinski definition) is 5. The number of nitrogens with two attached hydrogens (primary N) is 1. The second-order valence-electron chi connectivity index (χ2n) is 4.82. The third kappa shape index (κ3) is 5.03. The lowest BCUT2D eigenvalue weighted by Gasteiger charge is -2.07. The van der Waals surface area contributed by atoms with Crippen LogP contribution in [0.4, 0.5) is 5.69 Å². The Morgan fingerprint density at radius 3 is 2.52 bits per heavy atom. The van der Waals surface area contributed by atoms with Gasteiger partial charge in [0.1, 0.15) is 11.5 Å². The second-order valence-corrected chi connectivity index (χ2v) is 4.82. The van der Waals surface area contributed by atoms with Crippen LogP contribution in [0.2, 0.25) is 0 Å². The Labute approximate surface area is 134 Å². The number of nitrogen functional groups attached to an aromatic ring is 1. The molecule has 6 heteroatoms. The summed E-state index contributed by atoms with van der Waals surface area (Å²) in [5.41, 5.74) is 10.3. The highest BCUT2D eigenvalue weighted by molar-refractivity contribution is 5.99. The average Bonchev–Trinajstić information content (AvgIpc) is 2.58. The molecule has 0 aromatic heterocycles. The minimum Gasteiger partial charge on any atom is -0.497 e. The first-order valence-corrected chi connectivity index (χ1v) is 7.04. The van der Waals surface area contributed by atoms with E-state index in [0.29, 0.717) is 17.1 Å². The summed E-state index contributed by atoms with van der Waals surface area (Å²) in [6, 6.07) is 14.3. The molecule has 0 bridgehead atoms. The molecule has 120 valence electrons. The lowest BCUT2D eigenvalue weighted by molar-refractivity contribution is -0.123. The first-order valence-electron chi connectivity index (χ1n) is 7.04. The van der Waals surface area contributed by atoms with Crippen molar-refractivity contribution < 1.29 is 14.3 Å². The fourth-order valence-electron chi connectivity index (χ4n) is 1.83. The molecule has 2 aromatic carbocycles. The molecule has 0 fully saturated rings. The van der Waals surface area contributed by atoms with E-state index in [1.807, 2.05) is 12.1 Å². The van der Waals surface area contributed by atoms with Crippen LogP contribution in [0.3, 0.4) is 0 Å². The second kappa shape index (κ2) is 7.84. The van der Waals surface area contributed by atoms with Gasteiger partial charge in [-0.25, -0.2) is 5.43 Å². The number of methoxy groups -OCH3 is 1. The SMILES string of the molecule is COc1ccc(OCC(=O)N/N=C(/C)c2cccc(N)c2)cc1. The topological polar surface area (TPSA) is 85.9 Å². The zero-order valence-corrected chi connectivity index (χ0v) is 13.1. The highest BCUT2D eigenvalue weighted by atomic mass is 16.5. The van der Waals surface area contributed by atoms with Gasteiger partial charge in [0, 0.05) is 5.69 Å². The molecular weight excluding hydrogens is 294 g/mol. The zero-order chi connectivity index (χ0) is 16.7. The predicted molar refractivity (Wildman–Crippen MR) is 89.7 cm³/mol. The van der Waals surface area contributed by atoms with Gasteiger partial charge in [-0.2, -0.15) is 5.10 Å². The number of carbonyl (C=O) groups excluding carboxylic acids is 1. The van der Waals surface area contributed by atoms with Gasteiger partial charge in [-0.3, -0.25) is 4.79 Å². The Kier molecular flexibility index (Phi) is 5.57. The van der Waals surface area contributed by atoms with E-state index < -0.39 is 0 Å². The van der Waals surface area contributed by atoms with Crippen LogP contribution in [-0.2, 0) is 4.79 Å². The van der Waals surface area contributed by atoms with Crippen molar-refractivity contribution in [1.82, 2.24) is 5.43 Å². The summed E-state index contributed by atoms with van der Waals surface area (Å²) >= 11 is 0. The summed E-state index contributed by atoms with van der Waals surface area (Å²) in [6.45, 7) is 1.67. The van der Waals surface area contributed by atoms with Gasteiger partial charge in [0.2, 0.25) is 0 Å². The number of benzene rings is 2. The lowest BCUT2D eigenvalue weighted by Crippen LogP contribution is -2.25. The van der Waals surface area contributed by atoms with Gasteiger partial charge in [0.15, 0.2) is 6.61 Å². The molecule has 6 nitrogen and oxygen atoms in total. The minimum absolute atomic E-state index is 0.125. The van der Waals surface area contributed by atoms with Crippen LogP contribution in [0.25, 0.3) is 0 Å². The number of rotatable bonds is 6. The summed E-state index contributed by atoms with van der Waals surface area (Å²) < 4.78 is 10.4. The molecule has 0 saturated carbocycles. The molecule has 0 saturated heterocycles. The molecule has 3 N–H and O–H groups in total. The highest BCUT2D eigenvalue weighted by Gasteiger charge is 2.03. The van der Waals surface area contributed by atoms with Crippen molar-refractivity contribution in [2.75, 3.05) is 19.5 Å². The summed E-state index contributed by atoms with van der Waals surface area (Å²) in [5, 5.41) is 4.04. The van der Waals surface area contributed by atoms with Crippen LogP contribution in [0, 0.1) is 0 Å². The Morgan fingerprint density at radius 2 is 1.87 bits per heavy atom. The van der Waals surface area contributed by atoms with Crippen molar-refractivity contribution in [2.45, 2.75) is 6.92 Å². The highest BCUT2D eigenvalue weighted by Crippen LogP contribution is 2.16. The van der Waals surface area contributed by atoms with Gasteiger partial charge in [0.25, 0.3) is 5.91 Å². The van der Waals surface area contributed by atoms with Crippen LogP contribution in [0.1, 0.15) is 12.5 Å². The van der Waals surface area contributed by atoms with Crippen molar-refractivity contribution >= 4 is 17.3 Å². The third-order valence-electron chi connectivity index (χ3n) is 3.08. The largest absolute Gasteiger partial charge is 0.497 e. The minimum atomic E-state index is -0.343. The summed E-state index contributed by atoms with van der Waals surface area (Å²) in [6.07, 6.45) is 0. The number of ether oxygens (including phenoxy) is 2. The van der Waals surface area contributed by atoms with Crippen molar-refractivity contribution in [2.24, 2.45) is 5.10 Å². The van der Waals surface area contributed by atoms with Crippen LogP contribution < -0.4 is 20.6 Å². The van der Waals surface area contributed by atoms with Crippen molar-refractivity contribution in [3.63, 3.8) is 0 Å². The van der Waals surface area contributed by atoms with Gasteiger partial charge < -0.3 is 15.2 Å². The number of hydrogen-bond donors (Lipinski definition) is 2. The van der Waals surface area contributed by atoms with E-state index in [1.54, 1.807) is 50.4 Å². The van der Waals surface area contributed by atoms with E-state index in [2.05, 4.69) is 10.5 Å². The Balaban J connectivity index is 1.85. The molecule has 2 rings (SSSR count). The molecule has 0 unspecified atom stereocenters. The first kappa shape index (κ1) is 16.4. The van der Waals surface area contributed by atoms with E-state index in [-0.39, 0.29) is 12.5 Å². The molecule has 23 heavy (non-hydrogen) atoms. The standard InChI is InChI=1S/C17H19N3O3/c1-12(13-4-3-5-14(18)10-13)19-20-17(21)11-23-16-8-6-15(22-2)7-9-16/h3-10H,11,18H2,1-2H3,(H,20,21)/b19-12-. The van der Waals surface area contributed by atoms with Crippen molar-refractivity contribution in [1.29, 1.82) is 0 Å². The van der Waals surface area contributed by atoms with Crippen LogP contribution in [0.5, 0.6) is 11.5 Å². The maximum atomic E-state index is 11.7. The van der Waals surface area contributed by atoms with E-state index in [4.69, 9.17) is 15.2 Å². The molecule has 0 heterocycles. The quantitative estimate of drug-likeness (QED) is 0.486. The van der Waals surface area contributed by atoms with Crippen LogP contribution >= 0.6 is 0 Å². The average molecular weight is 313 g/mol. The number of amides is 1. The molecule has 0 spiro atoms. The number of anilines is 1. The van der Waals surface area contributed by atoms with Crippen molar-refractivity contribution in [3.8, 4) is 11.5 Å². The maximum Gasteiger partial charge on any atom is 0.277 e. The number of nitrogens with one attached hydrogen (secondary N) is 1. The number of hydrazone groups is 1. The van der Waals surface area contributed by atoms with E-state index in [0.717, 1.165) is 11.3 Å². The molecule has 0 aliphatic heterocycles. The fourth-order valence-corrected chi connectivity index (χ4v) is 1.83. The number of carbonyl (C=O) groups is 1. The zero-order valence-electron chi connectivity index (χ0n) is 13.1. The van der Waals surface area contributed by atoms with Gasteiger partial charge in [-0.1, -0.05) is 12.1 Å². The van der Waals surface area contributed by atoms with E-state index in [1.165, 1.54) is 0 Å². The summed E-state index contributed by atoms with van der Waals surface area (Å²) in [7, 11) is 1.59. The summed E-state index contributed by atoms with van der Waals surface area (Å²) in [5.74, 6) is 0.964. The van der Waals surface area contributed by atoms with Crippen LogP contribution in [0.15, 0.2) is 53.6 Å². The van der Waals surface area contributed by atoms with E-state index >= 15 is 0 Å². The Bertz CT molecular complexity index is 696. The molecular formula is C17H19N3O3. The normalized spacial score (nSPS) is 11.0. The Morgan fingerprint density at radius 1 is 1.17 bits per heavy atom. The number of nitrogens with zero attached hydrogens (tertiary/aromatic N) is 1. The van der Waals surface area contributed by atoms with Gasteiger partial charge in [0.05, 0.1) is 12.8 Å². The first-order chi connectivity index (χ1) is 11.1. The van der Waals surface area contributed by atoms with E-state index in [9.17, 15) is 4.79 Å². The maximum absolute atomic E-state index is 11.7. The monoisotopic (exact) mass is 313 g/mol. The third-order valence-corrected chi connectivity index (χ3v) is 3.08. The molecule has 2 aromatic rings. The summed E-state index contributed by atoms with van der Waals surface area (Å²) in [4.78, 5) is 11.7. The smallest absolute Gasteiger partial charge is 0.277 e. The molecule has 0 radical (unpaired) electrons.